The molecule has 0 amide bonds. The molecule has 6 heteroatoms. The molecule has 0 aliphatic rings. The molecule has 3 heterocycles. The van der Waals surface area contributed by atoms with E-state index in [2.05, 4.69) is 19.9 Å². The van der Waals surface area contributed by atoms with Crippen molar-refractivity contribution in [2.75, 3.05) is 6.61 Å². The van der Waals surface area contributed by atoms with Gasteiger partial charge in [-0.05, 0) is 13.0 Å². The number of ether oxygens (including phenoxy) is 1. The normalized spacial score (nSPS) is 11.1. The number of H-pyrrole nitrogens is 2. The van der Waals surface area contributed by atoms with Crippen LogP contribution in [-0.4, -0.2) is 32.5 Å². The Morgan fingerprint density at radius 2 is 2.35 bits per heavy atom. The fourth-order valence-electron chi connectivity index (χ4n) is 1.79. The van der Waals surface area contributed by atoms with Crippen LogP contribution in [0.3, 0.4) is 0 Å². The van der Waals surface area contributed by atoms with E-state index < -0.39 is 0 Å². The quantitative estimate of drug-likeness (QED) is 0.655. The Morgan fingerprint density at radius 3 is 3.18 bits per heavy atom. The number of pyridine rings is 1. The lowest BCUT2D eigenvalue weighted by Gasteiger charge is -1.96. The first kappa shape index (κ1) is 9.83. The third kappa shape index (κ3) is 1.45. The van der Waals surface area contributed by atoms with E-state index in [1.807, 2.05) is 0 Å². The molecule has 0 spiro atoms. The highest BCUT2D eigenvalue weighted by atomic mass is 16.5. The highest BCUT2D eigenvalue weighted by molar-refractivity contribution is 6.04. The average Bonchev–Trinajstić information content (AvgIpc) is 2.94. The van der Waals surface area contributed by atoms with E-state index in [1.54, 1.807) is 25.5 Å². The van der Waals surface area contributed by atoms with Crippen molar-refractivity contribution in [1.82, 2.24) is 19.9 Å². The van der Waals surface area contributed by atoms with Crippen molar-refractivity contribution < 1.29 is 9.53 Å². The summed E-state index contributed by atoms with van der Waals surface area (Å²) in [5, 5.41) is 0.812. The van der Waals surface area contributed by atoms with Crippen molar-refractivity contribution in [2.24, 2.45) is 0 Å². The fourth-order valence-corrected chi connectivity index (χ4v) is 1.79. The molecule has 0 saturated carbocycles. The number of imidazole rings is 1. The number of aromatic nitrogens is 4. The molecule has 0 aliphatic heterocycles. The summed E-state index contributed by atoms with van der Waals surface area (Å²) in [5.41, 5.74) is 2.66. The lowest BCUT2D eigenvalue weighted by atomic mass is 10.3. The van der Waals surface area contributed by atoms with Crippen LogP contribution in [-0.2, 0) is 4.74 Å². The van der Waals surface area contributed by atoms with Crippen molar-refractivity contribution in [3.8, 4) is 0 Å². The maximum absolute atomic E-state index is 11.6. The van der Waals surface area contributed by atoms with E-state index in [-0.39, 0.29) is 5.97 Å². The van der Waals surface area contributed by atoms with E-state index in [4.69, 9.17) is 4.74 Å². The first-order valence-electron chi connectivity index (χ1n) is 5.27. The van der Waals surface area contributed by atoms with Gasteiger partial charge in [-0.3, -0.25) is 0 Å². The Labute approximate surface area is 96.0 Å². The van der Waals surface area contributed by atoms with E-state index in [0.717, 1.165) is 16.4 Å². The highest BCUT2D eigenvalue weighted by Crippen LogP contribution is 2.21. The minimum absolute atomic E-state index is 0.347. The molecule has 0 radical (unpaired) electrons. The molecule has 0 saturated heterocycles. The summed E-state index contributed by atoms with van der Waals surface area (Å²) in [5.74, 6) is -0.380. The highest BCUT2D eigenvalue weighted by Gasteiger charge is 2.13. The van der Waals surface area contributed by atoms with Crippen LogP contribution in [0.4, 0.5) is 0 Å². The van der Waals surface area contributed by atoms with Crippen LogP contribution in [0, 0.1) is 0 Å². The monoisotopic (exact) mass is 230 g/mol. The molecule has 86 valence electrons. The molecular formula is C11H10N4O2. The number of fused-ring (bicyclic) bond motifs is 3. The Kier molecular flexibility index (Phi) is 2.07. The van der Waals surface area contributed by atoms with Gasteiger partial charge in [0.25, 0.3) is 0 Å². The minimum atomic E-state index is -0.380. The molecule has 0 unspecified atom stereocenters. The number of carbonyl (C=O) groups excluding carboxylic acids is 1. The van der Waals surface area contributed by atoms with E-state index in [9.17, 15) is 4.79 Å². The molecule has 2 N–H and O–H groups in total. The van der Waals surface area contributed by atoms with Crippen LogP contribution in [0.1, 0.15) is 17.4 Å². The van der Waals surface area contributed by atoms with Crippen molar-refractivity contribution in [3.63, 3.8) is 0 Å². The molecule has 0 aromatic carbocycles. The number of hydrogen-bond donors (Lipinski definition) is 2. The van der Waals surface area contributed by atoms with Crippen molar-refractivity contribution in [1.29, 1.82) is 0 Å². The predicted molar refractivity (Wildman–Crippen MR) is 61.7 cm³/mol. The zero-order valence-electron chi connectivity index (χ0n) is 9.15. The second-order valence-corrected chi connectivity index (χ2v) is 3.59. The number of nitrogens with one attached hydrogen (secondary N) is 2. The Balaban J connectivity index is 2.20. The van der Waals surface area contributed by atoms with Gasteiger partial charge in [0.05, 0.1) is 24.6 Å². The first-order chi connectivity index (χ1) is 8.29. The van der Waals surface area contributed by atoms with Crippen molar-refractivity contribution in [3.05, 3.63) is 24.3 Å². The molecule has 0 fully saturated rings. The second-order valence-electron chi connectivity index (χ2n) is 3.59. The van der Waals surface area contributed by atoms with Gasteiger partial charge in [0.2, 0.25) is 0 Å². The summed E-state index contributed by atoms with van der Waals surface area (Å²) in [6.07, 6.45) is 3.28. The third-order valence-corrected chi connectivity index (χ3v) is 2.54. The molecule has 0 atom stereocenters. The zero-order valence-corrected chi connectivity index (χ0v) is 9.15. The van der Waals surface area contributed by atoms with Crippen molar-refractivity contribution >= 4 is 28.0 Å². The van der Waals surface area contributed by atoms with E-state index in [1.165, 1.54) is 0 Å². The number of nitrogens with zero attached hydrogens (tertiary/aromatic N) is 2. The summed E-state index contributed by atoms with van der Waals surface area (Å²) in [6.45, 7) is 2.12. The lowest BCUT2D eigenvalue weighted by Crippen LogP contribution is -2.04. The number of esters is 1. The van der Waals surface area contributed by atoms with Gasteiger partial charge < -0.3 is 14.7 Å². The Morgan fingerprint density at radius 1 is 1.47 bits per heavy atom. The van der Waals surface area contributed by atoms with Crippen LogP contribution in [0.5, 0.6) is 0 Å². The molecule has 0 bridgehead atoms. The molecule has 3 rings (SSSR count). The number of aromatic amines is 2. The van der Waals surface area contributed by atoms with Crippen LogP contribution in [0.15, 0.2) is 18.6 Å². The van der Waals surface area contributed by atoms with Gasteiger partial charge in [-0.1, -0.05) is 0 Å². The molecule has 6 nitrogen and oxygen atoms in total. The molecule has 0 aliphatic carbocycles. The summed E-state index contributed by atoms with van der Waals surface area (Å²) < 4.78 is 4.92. The molecule has 3 aromatic heterocycles. The van der Waals surface area contributed by atoms with Crippen LogP contribution < -0.4 is 0 Å². The summed E-state index contributed by atoms with van der Waals surface area (Å²) in [6, 6.07) is 1.71. The van der Waals surface area contributed by atoms with Gasteiger partial charge in [0, 0.05) is 5.39 Å². The number of hydrogen-bond acceptors (Lipinski definition) is 4. The van der Waals surface area contributed by atoms with Gasteiger partial charge in [-0.2, -0.15) is 0 Å². The van der Waals surface area contributed by atoms with E-state index >= 15 is 0 Å². The number of rotatable bonds is 2. The van der Waals surface area contributed by atoms with Crippen LogP contribution >= 0.6 is 0 Å². The zero-order chi connectivity index (χ0) is 11.8. The Hall–Kier alpha value is -2.37. The van der Waals surface area contributed by atoms with Crippen LogP contribution in [0.2, 0.25) is 0 Å². The summed E-state index contributed by atoms with van der Waals surface area (Å²) in [7, 11) is 0. The van der Waals surface area contributed by atoms with Gasteiger partial charge in [0.1, 0.15) is 16.9 Å². The van der Waals surface area contributed by atoms with Gasteiger partial charge in [-0.15, -0.1) is 0 Å². The van der Waals surface area contributed by atoms with Crippen molar-refractivity contribution in [2.45, 2.75) is 6.92 Å². The molecule has 3 aromatic rings. The summed E-state index contributed by atoms with van der Waals surface area (Å²) in [4.78, 5) is 25.9. The maximum Gasteiger partial charge on any atom is 0.354 e. The largest absolute Gasteiger partial charge is 0.461 e. The maximum atomic E-state index is 11.6. The molecular weight excluding hydrogens is 220 g/mol. The number of carbonyl (C=O) groups is 1. The van der Waals surface area contributed by atoms with E-state index in [0.29, 0.717) is 17.9 Å². The summed E-state index contributed by atoms with van der Waals surface area (Å²) >= 11 is 0. The van der Waals surface area contributed by atoms with Gasteiger partial charge in [-0.25, -0.2) is 14.8 Å². The second kappa shape index (κ2) is 3.58. The first-order valence-corrected chi connectivity index (χ1v) is 5.27. The topological polar surface area (TPSA) is 83.7 Å². The average molecular weight is 230 g/mol. The molecule has 17 heavy (non-hydrogen) atoms. The smallest absolute Gasteiger partial charge is 0.354 e. The van der Waals surface area contributed by atoms with Crippen LogP contribution in [0.25, 0.3) is 22.1 Å². The lowest BCUT2D eigenvalue weighted by molar-refractivity contribution is 0.0520. The predicted octanol–water partition coefficient (Wildman–Crippen LogP) is 1.62. The third-order valence-electron chi connectivity index (χ3n) is 2.54. The fraction of sp³-hybridized carbons (Fsp3) is 0.182. The van der Waals surface area contributed by atoms with Gasteiger partial charge >= 0.3 is 5.97 Å². The van der Waals surface area contributed by atoms with Gasteiger partial charge in [0.15, 0.2) is 0 Å². The Bertz CT molecular complexity index is 698. The SMILES string of the molecule is CCOC(=O)c1cc2c(ncc3[nH]cnc32)[nH]1. The standard InChI is InChI=1S/C11H10N4O2/c1-2-17-11(16)7-3-6-9-8(13-5-14-9)4-12-10(6)15-7/h3-5H,2H2,1H3,(H,12,15)(H,13,14). The minimum Gasteiger partial charge on any atom is -0.461 e.